The van der Waals surface area contributed by atoms with Gasteiger partial charge in [0.05, 0.1) is 0 Å². The van der Waals surface area contributed by atoms with Crippen LogP contribution in [-0.4, -0.2) is 4.98 Å². The molecular weight excluding hydrogens is 446 g/mol. The monoisotopic (exact) mass is 469 g/mol. The first-order valence-corrected chi connectivity index (χ1v) is 12.8. The molecule has 0 saturated carbocycles. The largest absolute Gasteiger partial charge is 0.354 e. The number of hydrogen-bond acceptors (Lipinski definition) is 0. The van der Waals surface area contributed by atoms with Gasteiger partial charge in [0.25, 0.3) is 0 Å². The van der Waals surface area contributed by atoms with Crippen molar-refractivity contribution >= 4 is 54.1 Å². The van der Waals surface area contributed by atoms with Crippen LogP contribution >= 0.6 is 0 Å². The van der Waals surface area contributed by atoms with Gasteiger partial charge in [-0.15, -0.1) is 0 Å². The minimum Gasteiger partial charge on any atom is -0.354 e. The lowest BCUT2D eigenvalue weighted by atomic mass is 9.86. The standard InChI is InChI=1S/C36H23N/c1-2-10-23(11-3-1)35-28-14-6-8-16-30(28)36(31-17-9-7-15-29(31)35)26-18-19-27-32-20-24-12-4-5-13-25(24)21-34(32)37-33(27)22-26/h1-22,37H. The summed E-state index contributed by atoms with van der Waals surface area (Å²) in [5, 5.41) is 10.2. The van der Waals surface area contributed by atoms with Gasteiger partial charge in [-0.1, -0.05) is 115 Å². The van der Waals surface area contributed by atoms with Crippen molar-refractivity contribution < 1.29 is 0 Å². The van der Waals surface area contributed by atoms with Crippen LogP contribution in [0.25, 0.3) is 76.4 Å². The second-order valence-electron chi connectivity index (χ2n) is 9.84. The van der Waals surface area contributed by atoms with Crippen molar-refractivity contribution in [1.29, 1.82) is 0 Å². The second-order valence-corrected chi connectivity index (χ2v) is 9.84. The van der Waals surface area contributed by atoms with Gasteiger partial charge in [-0.2, -0.15) is 0 Å². The molecule has 0 spiro atoms. The Morgan fingerprint density at radius 3 is 1.49 bits per heavy atom. The third-order valence-corrected chi connectivity index (χ3v) is 7.75. The van der Waals surface area contributed by atoms with Crippen LogP contribution in [0.1, 0.15) is 0 Å². The molecule has 1 nitrogen and oxygen atoms in total. The predicted molar refractivity (Wildman–Crippen MR) is 159 cm³/mol. The van der Waals surface area contributed by atoms with Crippen LogP contribution in [0, 0.1) is 0 Å². The van der Waals surface area contributed by atoms with Crippen LogP contribution in [0.15, 0.2) is 133 Å². The number of hydrogen-bond donors (Lipinski definition) is 1. The van der Waals surface area contributed by atoms with E-state index in [0.717, 1.165) is 0 Å². The minimum atomic E-state index is 1.17. The summed E-state index contributed by atoms with van der Waals surface area (Å²) >= 11 is 0. The van der Waals surface area contributed by atoms with E-state index in [0.29, 0.717) is 0 Å². The molecule has 1 heterocycles. The van der Waals surface area contributed by atoms with Crippen molar-refractivity contribution in [2.24, 2.45) is 0 Å². The summed E-state index contributed by atoms with van der Waals surface area (Å²) in [7, 11) is 0. The fourth-order valence-electron chi connectivity index (χ4n) is 6.10. The zero-order valence-corrected chi connectivity index (χ0v) is 20.2. The molecule has 0 bridgehead atoms. The normalized spacial score (nSPS) is 11.8. The summed E-state index contributed by atoms with van der Waals surface area (Å²) in [6, 6.07) is 48.5. The first kappa shape index (κ1) is 20.3. The number of benzene rings is 7. The third-order valence-electron chi connectivity index (χ3n) is 7.75. The molecule has 1 heteroatoms. The van der Waals surface area contributed by atoms with E-state index in [1.807, 2.05) is 0 Å². The molecule has 0 fully saturated rings. The number of nitrogens with one attached hydrogen (secondary N) is 1. The highest BCUT2D eigenvalue weighted by Crippen LogP contribution is 2.44. The average molecular weight is 470 g/mol. The maximum absolute atomic E-state index is 3.71. The quantitative estimate of drug-likeness (QED) is 0.242. The molecule has 7 aromatic carbocycles. The molecule has 0 radical (unpaired) electrons. The Morgan fingerprint density at radius 1 is 0.324 bits per heavy atom. The predicted octanol–water partition coefficient (Wildman–Crippen LogP) is 10.1. The molecule has 8 rings (SSSR count). The maximum atomic E-state index is 3.71. The number of aromatic nitrogens is 1. The van der Waals surface area contributed by atoms with Crippen molar-refractivity contribution in [2.45, 2.75) is 0 Å². The van der Waals surface area contributed by atoms with Crippen LogP contribution < -0.4 is 0 Å². The van der Waals surface area contributed by atoms with Gasteiger partial charge in [0, 0.05) is 21.8 Å². The Labute approximate surface area is 214 Å². The Hall–Kier alpha value is -4.88. The van der Waals surface area contributed by atoms with Crippen LogP contribution in [0.3, 0.4) is 0 Å². The number of fused-ring (bicyclic) bond motifs is 6. The summed E-state index contributed by atoms with van der Waals surface area (Å²) in [5.41, 5.74) is 7.42. The van der Waals surface area contributed by atoms with Crippen LogP contribution in [0.5, 0.6) is 0 Å². The van der Waals surface area contributed by atoms with Gasteiger partial charge in [-0.25, -0.2) is 0 Å². The molecule has 0 aliphatic heterocycles. The lowest BCUT2D eigenvalue weighted by Gasteiger charge is -2.17. The van der Waals surface area contributed by atoms with Crippen molar-refractivity contribution in [3.63, 3.8) is 0 Å². The molecule has 172 valence electrons. The van der Waals surface area contributed by atoms with Gasteiger partial charge in [-0.05, 0) is 72.8 Å². The second kappa shape index (κ2) is 7.81. The smallest absolute Gasteiger partial charge is 0.0471 e. The van der Waals surface area contributed by atoms with Gasteiger partial charge in [0.1, 0.15) is 0 Å². The van der Waals surface area contributed by atoms with Gasteiger partial charge in [-0.3, -0.25) is 0 Å². The number of aromatic amines is 1. The van der Waals surface area contributed by atoms with E-state index in [2.05, 4.69) is 138 Å². The summed E-state index contributed by atoms with van der Waals surface area (Å²) in [6.45, 7) is 0. The Kier molecular flexibility index (Phi) is 4.29. The highest BCUT2D eigenvalue weighted by molar-refractivity contribution is 6.22. The molecular formula is C36H23N. The van der Waals surface area contributed by atoms with Crippen LogP contribution in [0.4, 0.5) is 0 Å². The Morgan fingerprint density at radius 2 is 0.838 bits per heavy atom. The fourth-order valence-corrected chi connectivity index (χ4v) is 6.10. The number of H-pyrrole nitrogens is 1. The van der Waals surface area contributed by atoms with E-state index in [1.54, 1.807) is 0 Å². The lowest BCUT2D eigenvalue weighted by molar-refractivity contribution is 1.55. The zero-order valence-electron chi connectivity index (χ0n) is 20.2. The minimum absolute atomic E-state index is 1.17. The van der Waals surface area contributed by atoms with Crippen molar-refractivity contribution in [1.82, 2.24) is 4.98 Å². The van der Waals surface area contributed by atoms with Gasteiger partial charge < -0.3 is 4.98 Å². The van der Waals surface area contributed by atoms with E-state index in [4.69, 9.17) is 0 Å². The van der Waals surface area contributed by atoms with E-state index in [1.165, 1.54) is 76.4 Å². The first-order valence-electron chi connectivity index (χ1n) is 12.8. The fraction of sp³-hybridized carbons (Fsp3) is 0. The molecule has 0 amide bonds. The summed E-state index contributed by atoms with van der Waals surface area (Å²) < 4.78 is 0. The topological polar surface area (TPSA) is 15.8 Å². The summed E-state index contributed by atoms with van der Waals surface area (Å²) in [4.78, 5) is 3.71. The molecule has 0 saturated heterocycles. The maximum Gasteiger partial charge on any atom is 0.0471 e. The Bertz CT molecular complexity index is 2070. The van der Waals surface area contributed by atoms with E-state index < -0.39 is 0 Å². The third kappa shape index (κ3) is 3.04. The summed E-state index contributed by atoms with van der Waals surface area (Å²) in [5.74, 6) is 0. The summed E-state index contributed by atoms with van der Waals surface area (Å²) in [6.07, 6.45) is 0. The van der Waals surface area contributed by atoms with Crippen molar-refractivity contribution in [3.05, 3.63) is 133 Å². The van der Waals surface area contributed by atoms with Crippen molar-refractivity contribution in [3.8, 4) is 22.3 Å². The zero-order chi connectivity index (χ0) is 24.3. The lowest BCUT2D eigenvalue weighted by Crippen LogP contribution is -1.90. The van der Waals surface area contributed by atoms with Crippen LogP contribution in [0.2, 0.25) is 0 Å². The molecule has 8 aromatic rings. The average Bonchev–Trinajstić information content (AvgIpc) is 3.31. The molecule has 1 N–H and O–H groups in total. The Balaban J connectivity index is 1.45. The molecule has 0 aliphatic rings. The molecule has 0 aliphatic carbocycles. The van der Waals surface area contributed by atoms with Crippen molar-refractivity contribution in [2.75, 3.05) is 0 Å². The molecule has 0 unspecified atom stereocenters. The van der Waals surface area contributed by atoms with Gasteiger partial charge >= 0.3 is 0 Å². The SMILES string of the molecule is c1ccc(-c2c3ccccc3c(-c3ccc4c(c3)[nH]c3cc5ccccc5cc34)c3ccccc23)cc1. The van der Waals surface area contributed by atoms with E-state index >= 15 is 0 Å². The highest BCUT2D eigenvalue weighted by Gasteiger charge is 2.17. The number of rotatable bonds is 2. The van der Waals surface area contributed by atoms with Gasteiger partial charge in [0.2, 0.25) is 0 Å². The van der Waals surface area contributed by atoms with Crippen LogP contribution in [-0.2, 0) is 0 Å². The molecule has 1 aromatic heterocycles. The van der Waals surface area contributed by atoms with E-state index in [-0.39, 0.29) is 0 Å². The van der Waals surface area contributed by atoms with E-state index in [9.17, 15) is 0 Å². The van der Waals surface area contributed by atoms with Gasteiger partial charge in [0.15, 0.2) is 0 Å². The first-order chi connectivity index (χ1) is 18.3. The highest BCUT2D eigenvalue weighted by atomic mass is 14.7. The molecule has 0 atom stereocenters. The molecule has 37 heavy (non-hydrogen) atoms.